The van der Waals surface area contributed by atoms with Crippen LogP contribution in [0.5, 0.6) is 0 Å². The van der Waals surface area contributed by atoms with Gasteiger partial charge < -0.3 is 15.2 Å². The average molecular weight is 209 g/mol. The van der Waals surface area contributed by atoms with Crippen LogP contribution in [0.1, 0.15) is 13.3 Å². The van der Waals surface area contributed by atoms with Crippen LogP contribution in [0.15, 0.2) is 24.6 Å². The molecule has 0 aromatic heterocycles. The first kappa shape index (κ1) is 10.2. The molecule has 2 rings (SSSR count). The molecule has 15 heavy (non-hydrogen) atoms. The summed E-state index contributed by atoms with van der Waals surface area (Å²) >= 11 is 0. The first-order valence-electron chi connectivity index (χ1n) is 5.11. The van der Waals surface area contributed by atoms with Crippen molar-refractivity contribution in [2.24, 2.45) is 11.8 Å². The van der Waals surface area contributed by atoms with E-state index in [1.165, 1.54) is 0 Å². The molecule has 2 heterocycles. The number of rotatable bonds is 1. The normalized spacial score (nSPS) is 39.3. The topological polar surface area (TPSA) is 58.6 Å². The Hall–Kier alpha value is -1.29. The van der Waals surface area contributed by atoms with E-state index in [-0.39, 0.29) is 17.7 Å². The van der Waals surface area contributed by atoms with Crippen LogP contribution in [-0.2, 0) is 9.53 Å². The molecule has 82 valence electrons. The Balaban J connectivity index is 2.37. The maximum Gasteiger partial charge on any atom is 0.231 e. The molecule has 0 aromatic rings. The molecule has 0 aromatic carbocycles. The van der Waals surface area contributed by atoms with Gasteiger partial charge in [0.05, 0.1) is 5.92 Å². The van der Waals surface area contributed by atoms with Crippen LogP contribution in [-0.4, -0.2) is 23.2 Å². The number of hydrogen-bond donors (Lipinski definition) is 2. The second-order valence-corrected chi connectivity index (χ2v) is 4.01. The fourth-order valence-corrected chi connectivity index (χ4v) is 2.24. The van der Waals surface area contributed by atoms with Crippen molar-refractivity contribution >= 4 is 5.91 Å². The monoisotopic (exact) mass is 209 g/mol. The molecule has 1 fully saturated rings. The molecular weight excluding hydrogens is 194 g/mol. The molecule has 0 saturated carbocycles. The van der Waals surface area contributed by atoms with Gasteiger partial charge in [0.15, 0.2) is 0 Å². The maximum atomic E-state index is 11.6. The molecule has 4 heteroatoms. The lowest BCUT2D eigenvalue weighted by Gasteiger charge is -2.44. The van der Waals surface area contributed by atoms with E-state index in [1.54, 1.807) is 6.20 Å². The smallest absolute Gasteiger partial charge is 0.231 e. The van der Waals surface area contributed by atoms with Gasteiger partial charge in [-0.2, -0.15) is 0 Å². The lowest BCUT2D eigenvalue weighted by molar-refractivity contribution is -0.142. The second kappa shape index (κ2) is 3.38. The molecule has 4 nitrogen and oxygen atoms in total. The molecule has 0 spiro atoms. The first-order valence-corrected chi connectivity index (χ1v) is 5.11. The number of nitrogens with one attached hydrogen (secondary N) is 1. The summed E-state index contributed by atoms with van der Waals surface area (Å²) in [7, 11) is 0. The fourth-order valence-electron chi connectivity index (χ4n) is 2.24. The molecule has 0 aliphatic carbocycles. The largest absolute Gasteiger partial charge is 0.495 e. The van der Waals surface area contributed by atoms with Crippen molar-refractivity contribution in [2.75, 3.05) is 6.61 Å². The highest BCUT2D eigenvalue weighted by Crippen LogP contribution is 2.41. The minimum absolute atomic E-state index is 0.0955. The summed E-state index contributed by atoms with van der Waals surface area (Å²) in [6, 6.07) is 0. The minimum atomic E-state index is -1.11. The fraction of sp³-hybridized carbons (Fsp3) is 0.545. The van der Waals surface area contributed by atoms with Crippen molar-refractivity contribution < 1.29 is 14.6 Å². The van der Waals surface area contributed by atoms with Gasteiger partial charge in [-0.25, -0.2) is 0 Å². The van der Waals surface area contributed by atoms with Crippen LogP contribution in [0.25, 0.3) is 0 Å². The van der Waals surface area contributed by atoms with E-state index < -0.39 is 5.60 Å². The van der Waals surface area contributed by atoms with E-state index in [1.807, 2.05) is 13.0 Å². The Morgan fingerprint density at radius 2 is 2.53 bits per heavy atom. The van der Waals surface area contributed by atoms with Crippen molar-refractivity contribution in [3.05, 3.63) is 24.6 Å². The zero-order valence-electron chi connectivity index (χ0n) is 8.69. The molecule has 2 unspecified atom stereocenters. The van der Waals surface area contributed by atoms with E-state index in [0.29, 0.717) is 18.8 Å². The van der Waals surface area contributed by atoms with Crippen molar-refractivity contribution in [2.45, 2.75) is 18.9 Å². The van der Waals surface area contributed by atoms with Crippen LogP contribution < -0.4 is 5.32 Å². The van der Waals surface area contributed by atoms with E-state index in [0.717, 1.165) is 0 Å². The Morgan fingerprint density at radius 1 is 1.80 bits per heavy atom. The van der Waals surface area contributed by atoms with Crippen molar-refractivity contribution in [3.63, 3.8) is 0 Å². The van der Waals surface area contributed by atoms with E-state index in [4.69, 9.17) is 4.74 Å². The van der Waals surface area contributed by atoms with Crippen LogP contribution in [0, 0.1) is 11.8 Å². The molecule has 2 N–H and O–H groups in total. The van der Waals surface area contributed by atoms with E-state index in [9.17, 15) is 9.90 Å². The quantitative estimate of drug-likeness (QED) is 0.663. The third-order valence-corrected chi connectivity index (χ3v) is 3.31. The van der Waals surface area contributed by atoms with Crippen molar-refractivity contribution in [1.29, 1.82) is 0 Å². The summed E-state index contributed by atoms with van der Waals surface area (Å²) in [6.07, 6.45) is 3.90. The van der Waals surface area contributed by atoms with E-state index in [2.05, 4.69) is 11.9 Å². The number of aliphatic hydroxyl groups is 1. The summed E-state index contributed by atoms with van der Waals surface area (Å²) in [4.78, 5) is 11.6. The van der Waals surface area contributed by atoms with Gasteiger partial charge >= 0.3 is 0 Å². The van der Waals surface area contributed by atoms with Crippen LogP contribution in [0.4, 0.5) is 0 Å². The van der Waals surface area contributed by atoms with Gasteiger partial charge in [-0.3, -0.25) is 4.79 Å². The summed E-state index contributed by atoms with van der Waals surface area (Å²) < 4.78 is 5.29. The second-order valence-electron chi connectivity index (χ2n) is 4.01. The summed E-state index contributed by atoms with van der Waals surface area (Å²) in [5.41, 5.74) is -1.11. The average Bonchev–Trinajstić information content (AvgIpc) is 2.24. The van der Waals surface area contributed by atoms with Crippen molar-refractivity contribution in [3.8, 4) is 0 Å². The number of hydrogen-bond acceptors (Lipinski definition) is 3. The highest BCUT2D eigenvalue weighted by atomic mass is 16.5. The molecule has 0 bridgehead atoms. The van der Waals surface area contributed by atoms with Gasteiger partial charge in [0, 0.05) is 12.1 Å². The molecule has 0 radical (unpaired) electrons. The van der Waals surface area contributed by atoms with Gasteiger partial charge in [0.2, 0.25) is 5.91 Å². The van der Waals surface area contributed by atoms with Gasteiger partial charge in [0.25, 0.3) is 0 Å². The number of carbonyl (C=O) groups is 1. The van der Waals surface area contributed by atoms with E-state index >= 15 is 0 Å². The van der Waals surface area contributed by atoms with Gasteiger partial charge in [0.1, 0.15) is 18.0 Å². The molecule has 3 atom stereocenters. The maximum absolute atomic E-state index is 11.6. The predicted octanol–water partition coefficient (Wildman–Crippen LogP) is 0.547. The highest BCUT2D eigenvalue weighted by molar-refractivity contribution is 5.82. The highest BCUT2D eigenvalue weighted by Gasteiger charge is 2.49. The van der Waals surface area contributed by atoms with Crippen LogP contribution >= 0.6 is 0 Å². The number of carbonyl (C=O) groups excluding carboxylic acids is 1. The summed E-state index contributed by atoms with van der Waals surface area (Å²) in [6.45, 7) is 5.87. The number of ether oxygens (including phenoxy) is 1. The lowest BCUT2D eigenvalue weighted by Crippen LogP contribution is -2.54. The standard InChI is InChI=1S/C11H15NO3/c1-3-11(14)7(2)15-6-8-9(11)4-5-12-10(8)13/h4-5,8-9,14H,2-3,6H2,1H3,(H,12,13)/t8?,9?,11-/m0/s1. The Bertz CT molecular complexity index is 337. The molecule has 2 aliphatic heterocycles. The Kier molecular flexibility index (Phi) is 2.31. The van der Waals surface area contributed by atoms with Gasteiger partial charge in [-0.15, -0.1) is 0 Å². The predicted molar refractivity (Wildman–Crippen MR) is 54.6 cm³/mol. The van der Waals surface area contributed by atoms with Crippen LogP contribution in [0.3, 0.4) is 0 Å². The SMILES string of the molecule is C=C1OCC2C(=O)NC=CC2[C@]1(O)CC. The number of fused-ring (bicyclic) bond motifs is 1. The van der Waals surface area contributed by atoms with Gasteiger partial charge in [-0.05, 0) is 6.42 Å². The third-order valence-electron chi connectivity index (χ3n) is 3.31. The molecule has 1 amide bonds. The lowest BCUT2D eigenvalue weighted by atomic mass is 9.72. The summed E-state index contributed by atoms with van der Waals surface area (Å²) in [5.74, 6) is -0.268. The summed E-state index contributed by atoms with van der Waals surface area (Å²) in [5, 5.41) is 13.0. The molecular formula is C11H15NO3. The minimum Gasteiger partial charge on any atom is -0.495 e. The molecule has 1 saturated heterocycles. The zero-order chi connectivity index (χ0) is 11.1. The van der Waals surface area contributed by atoms with Crippen LogP contribution in [0.2, 0.25) is 0 Å². The first-order chi connectivity index (χ1) is 7.09. The Morgan fingerprint density at radius 3 is 3.20 bits per heavy atom. The van der Waals surface area contributed by atoms with Gasteiger partial charge in [-0.1, -0.05) is 19.6 Å². The third kappa shape index (κ3) is 1.36. The van der Waals surface area contributed by atoms with Crippen molar-refractivity contribution in [1.82, 2.24) is 5.32 Å². The Labute approximate surface area is 88.6 Å². The molecule has 2 aliphatic rings. The number of amides is 1. The zero-order valence-corrected chi connectivity index (χ0v) is 8.69.